The van der Waals surface area contributed by atoms with Crippen LogP contribution in [0.25, 0.3) is 0 Å². The molecule has 1 aromatic heterocycles. The highest BCUT2D eigenvalue weighted by Crippen LogP contribution is 2.37. The van der Waals surface area contributed by atoms with Crippen molar-refractivity contribution in [3.63, 3.8) is 0 Å². The van der Waals surface area contributed by atoms with Gasteiger partial charge in [0.1, 0.15) is 11.6 Å². The van der Waals surface area contributed by atoms with Gasteiger partial charge in [0.05, 0.1) is 11.9 Å². The maximum atomic E-state index is 13.1. The van der Waals surface area contributed by atoms with Crippen molar-refractivity contribution in [1.29, 1.82) is 0 Å². The molecular weight excluding hydrogens is 266 g/mol. The summed E-state index contributed by atoms with van der Waals surface area (Å²) >= 11 is 0. The lowest BCUT2D eigenvalue weighted by molar-refractivity contribution is -0.138. The van der Waals surface area contributed by atoms with E-state index in [0.29, 0.717) is 6.42 Å². The monoisotopic (exact) mass is 287 g/mol. The number of carbonyl (C=O) groups is 2. The smallest absolute Gasteiger partial charge is 0.253 e. The number of nitrogens with zero attached hydrogens (tertiary/aromatic N) is 2. The molecule has 0 radical (unpaired) electrons. The summed E-state index contributed by atoms with van der Waals surface area (Å²) in [5.41, 5.74) is 1.03. The van der Waals surface area contributed by atoms with Gasteiger partial charge in [-0.15, -0.1) is 0 Å². The molecule has 5 heteroatoms. The van der Waals surface area contributed by atoms with Crippen LogP contribution in [0.3, 0.4) is 0 Å². The average Bonchev–Trinajstić information content (AvgIpc) is 2.92. The number of pyridine rings is 1. The summed E-state index contributed by atoms with van der Waals surface area (Å²) in [6, 6.07) is 1.49. The summed E-state index contributed by atoms with van der Waals surface area (Å²) in [6.07, 6.45) is 7.49. The molecule has 1 aliphatic heterocycles. The standard InChI is InChI=1S/C16H21N3O2/c1-3-13-14(20)18-16(6-4-5-7-16)15(21)19(13)12-8-11(2)9-17-10-12/h8-10,13H,3-7H2,1-2H3,(H,18,20). The van der Waals surface area contributed by atoms with Gasteiger partial charge in [0, 0.05) is 6.20 Å². The summed E-state index contributed by atoms with van der Waals surface area (Å²) in [4.78, 5) is 31.4. The normalized spacial score (nSPS) is 24.5. The fraction of sp³-hybridized carbons (Fsp3) is 0.562. The second-order valence-electron chi connectivity index (χ2n) is 6.10. The Morgan fingerprint density at radius 2 is 2.05 bits per heavy atom. The fourth-order valence-electron chi connectivity index (χ4n) is 3.52. The first-order valence-electron chi connectivity index (χ1n) is 7.65. The molecule has 2 fully saturated rings. The van der Waals surface area contributed by atoms with Crippen LogP contribution in [-0.2, 0) is 9.59 Å². The third-order valence-electron chi connectivity index (χ3n) is 4.59. The Hall–Kier alpha value is -1.91. The van der Waals surface area contributed by atoms with E-state index in [2.05, 4.69) is 10.3 Å². The summed E-state index contributed by atoms with van der Waals surface area (Å²) in [6.45, 7) is 3.87. The minimum absolute atomic E-state index is 0.0267. The lowest BCUT2D eigenvalue weighted by Crippen LogP contribution is -2.69. The van der Waals surface area contributed by atoms with E-state index in [9.17, 15) is 9.59 Å². The highest BCUT2D eigenvalue weighted by Gasteiger charge is 2.52. The van der Waals surface area contributed by atoms with Gasteiger partial charge in [-0.25, -0.2) is 0 Å². The number of rotatable bonds is 2. The number of amides is 2. The average molecular weight is 287 g/mol. The van der Waals surface area contributed by atoms with Crippen LogP contribution in [0.5, 0.6) is 0 Å². The minimum atomic E-state index is -0.688. The minimum Gasteiger partial charge on any atom is -0.340 e. The SMILES string of the molecule is CCC1C(=O)NC2(CCCC2)C(=O)N1c1cncc(C)c1. The van der Waals surface area contributed by atoms with Crippen LogP contribution in [0.4, 0.5) is 5.69 Å². The van der Waals surface area contributed by atoms with Gasteiger partial charge in [-0.1, -0.05) is 19.8 Å². The molecular formula is C16H21N3O2. The second kappa shape index (κ2) is 5.13. The first-order chi connectivity index (χ1) is 10.1. The molecule has 3 rings (SSSR count). The molecule has 1 N–H and O–H groups in total. The van der Waals surface area contributed by atoms with Gasteiger partial charge in [0.2, 0.25) is 5.91 Å². The third-order valence-corrected chi connectivity index (χ3v) is 4.59. The van der Waals surface area contributed by atoms with Crippen molar-refractivity contribution in [2.24, 2.45) is 0 Å². The van der Waals surface area contributed by atoms with Gasteiger partial charge < -0.3 is 5.32 Å². The number of aromatic nitrogens is 1. The van der Waals surface area contributed by atoms with Crippen LogP contribution in [0.2, 0.25) is 0 Å². The van der Waals surface area contributed by atoms with Gasteiger partial charge in [0.25, 0.3) is 5.91 Å². The van der Waals surface area contributed by atoms with Gasteiger partial charge in [-0.3, -0.25) is 19.5 Å². The lowest BCUT2D eigenvalue weighted by atomic mass is 9.89. The van der Waals surface area contributed by atoms with Crippen molar-refractivity contribution in [2.75, 3.05) is 4.90 Å². The van der Waals surface area contributed by atoms with E-state index in [4.69, 9.17) is 0 Å². The number of nitrogens with one attached hydrogen (secondary N) is 1. The van der Waals surface area contributed by atoms with Crippen LogP contribution < -0.4 is 10.2 Å². The Morgan fingerprint density at radius 3 is 2.67 bits per heavy atom. The Kier molecular flexibility index (Phi) is 3.43. The van der Waals surface area contributed by atoms with Crippen molar-refractivity contribution in [1.82, 2.24) is 10.3 Å². The zero-order valence-electron chi connectivity index (χ0n) is 12.6. The van der Waals surface area contributed by atoms with Gasteiger partial charge in [-0.2, -0.15) is 0 Å². The molecule has 1 atom stereocenters. The maximum absolute atomic E-state index is 13.1. The zero-order chi connectivity index (χ0) is 15.0. The van der Waals surface area contributed by atoms with Crippen molar-refractivity contribution < 1.29 is 9.59 Å². The van der Waals surface area contributed by atoms with E-state index in [1.54, 1.807) is 17.3 Å². The van der Waals surface area contributed by atoms with Crippen LogP contribution in [0, 0.1) is 6.92 Å². The van der Waals surface area contributed by atoms with Crippen molar-refractivity contribution in [2.45, 2.75) is 57.5 Å². The number of piperazine rings is 1. The molecule has 1 spiro atoms. The quantitative estimate of drug-likeness (QED) is 0.904. The molecule has 1 unspecified atom stereocenters. The Bertz CT molecular complexity index is 579. The predicted octanol–water partition coefficient (Wildman–Crippen LogP) is 1.94. The molecule has 1 saturated carbocycles. The van der Waals surface area contributed by atoms with Crippen molar-refractivity contribution in [3.05, 3.63) is 24.0 Å². The molecule has 2 heterocycles. The molecule has 2 amide bonds. The van der Waals surface area contributed by atoms with Gasteiger partial charge >= 0.3 is 0 Å². The largest absolute Gasteiger partial charge is 0.340 e. The van der Waals surface area contributed by atoms with Crippen molar-refractivity contribution in [3.8, 4) is 0 Å². The lowest BCUT2D eigenvalue weighted by Gasteiger charge is -2.44. The van der Waals surface area contributed by atoms with Crippen molar-refractivity contribution >= 4 is 17.5 Å². The topological polar surface area (TPSA) is 62.3 Å². The summed E-state index contributed by atoms with van der Waals surface area (Å²) < 4.78 is 0. The van der Waals surface area contributed by atoms with E-state index in [1.807, 2.05) is 19.9 Å². The Morgan fingerprint density at radius 1 is 1.33 bits per heavy atom. The van der Waals surface area contributed by atoms with Gasteiger partial charge in [-0.05, 0) is 37.8 Å². The number of anilines is 1. The molecule has 1 aliphatic carbocycles. The predicted molar refractivity (Wildman–Crippen MR) is 79.9 cm³/mol. The van der Waals surface area contributed by atoms with Gasteiger partial charge in [0.15, 0.2) is 0 Å². The van der Waals surface area contributed by atoms with Crippen LogP contribution in [0.15, 0.2) is 18.5 Å². The number of carbonyl (C=O) groups excluding carboxylic acids is 2. The molecule has 21 heavy (non-hydrogen) atoms. The first kappa shape index (κ1) is 14.0. The molecule has 2 aliphatic rings. The maximum Gasteiger partial charge on any atom is 0.253 e. The van der Waals surface area contributed by atoms with E-state index in [1.165, 1.54) is 0 Å². The van der Waals surface area contributed by atoms with E-state index in [0.717, 1.165) is 36.9 Å². The van der Waals surface area contributed by atoms with E-state index >= 15 is 0 Å². The molecule has 0 aromatic carbocycles. The summed E-state index contributed by atoms with van der Waals surface area (Å²) in [7, 11) is 0. The fourth-order valence-corrected chi connectivity index (χ4v) is 3.52. The third kappa shape index (κ3) is 2.20. The zero-order valence-corrected chi connectivity index (χ0v) is 12.6. The highest BCUT2D eigenvalue weighted by molar-refractivity contribution is 6.10. The summed E-state index contributed by atoms with van der Waals surface area (Å²) in [5, 5.41) is 3.01. The van der Waals surface area contributed by atoms with E-state index < -0.39 is 11.6 Å². The summed E-state index contributed by atoms with van der Waals surface area (Å²) in [5.74, 6) is -0.0145. The number of hydrogen-bond donors (Lipinski definition) is 1. The Labute approximate surface area is 124 Å². The number of hydrogen-bond acceptors (Lipinski definition) is 3. The molecule has 0 bridgehead atoms. The Balaban J connectivity index is 2.04. The number of aryl methyl sites for hydroxylation is 1. The van der Waals surface area contributed by atoms with Crippen LogP contribution in [-0.4, -0.2) is 28.4 Å². The first-order valence-corrected chi connectivity index (χ1v) is 7.65. The second-order valence-corrected chi connectivity index (χ2v) is 6.10. The van der Waals surface area contributed by atoms with Crippen LogP contribution >= 0.6 is 0 Å². The molecule has 112 valence electrons. The molecule has 1 saturated heterocycles. The molecule has 5 nitrogen and oxygen atoms in total. The molecule has 1 aromatic rings. The van der Waals surface area contributed by atoms with Crippen LogP contribution in [0.1, 0.15) is 44.6 Å². The highest BCUT2D eigenvalue weighted by atomic mass is 16.2. The van der Waals surface area contributed by atoms with E-state index in [-0.39, 0.29) is 11.8 Å².